The van der Waals surface area contributed by atoms with E-state index >= 15 is 0 Å². The van der Waals surface area contributed by atoms with Gasteiger partial charge in [0.2, 0.25) is 0 Å². The van der Waals surface area contributed by atoms with Crippen molar-refractivity contribution in [3.63, 3.8) is 0 Å². The van der Waals surface area contributed by atoms with Gasteiger partial charge in [0.25, 0.3) is 0 Å². The van der Waals surface area contributed by atoms with Crippen molar-refractivity contribution in [3.05, 3.63) is 28.2 Å². The average molecular weight is 357 g/mol. The van der Waals surface area contributed by atoms with Crippen molar-refractivity contribution in [2.45, 2.75) is 32.0 Å². The summed E-state index contributed by atoms with van der Waals surface area (Å²) in [7, 11) is 0. The first-order valence-electron chi connectivity index (χ1n) is 6.65. The minimum Gasteiger partial charge on any atom is -0.479 e. The number of aliphatic carboxylic acids is 1. The Balaban J connectivity index is 1.77. The summed E-state index contributed by atoms with van der Waals surface area (Å²) in [6.07, 6.45) is 0.108. The highest BCUT2D eigenvalue weighted by Gasteiger charge is 2.30. The Bertz CT molecular complexity index is 550. The number of carboxylic acid groups (broad SMARTS) is 1. The molecule has 1 aliphatic rings. The molecule has 2 amide bonds. The molecule has 1 aromatic rings. The average Bonchev–Trinajstić information content (AvgIpc) is 2.90. The fourth-order valence-corrected chi connectivity index (χ4v) is 2.47. The highest BCUT2D eigenvalue weighted by atomic mass is 79.9. The lowest BCUT2D eigenvalue weighted by molar-refractivity contribution is -0.149. The van der Waals surface area contributed by atoms with E-state index in [4.69, 9.17) is 9.84 Å². The first kappa shape index (κ1) is 15.8. The zero-order chi connectivity index (χ0) is 15.4. The summed E-state index contributed by atoms with van der Waals surface area (Å²) in [5, 5.41) is 14.2. The van der Waals surface area contributed by atoms with Crippen molar-refractivity contribution in [2.24, 2.45) is 0 Å². The predicted octanol–water partition coefficient (Wildman–Crippen LogP) is 2.51. The fraction of sp³-hybridized carbons (Fsp3) is 0.429. The second-order valence-corrected chi connectivity index (χ2v) is 5.82. The Morgan fingerprint density at radius 2 is 2.19 bits per heavy atom. The SMILES string of the molecule is Cc1ccc(NC(=O)NCC2CCC(C(=O)O)O2)cc1Br. The number of hydrogen-bond acceptors (Lipinski definition) is 3. The maximum Gasteiger partial charge on any atom is 0.332 e. The fourth-order valence-electron chi connectivity index (χ4n) is 2.09. The van der Waals surface area contributed by atoms with Gasteiger partial charge in [-0.1, -0.05) is 22.0 Å². The zero-order valence-corrected chi connectivity index (χ0v) is 13.1. The number of carbonyl (C=O) groups excluding carboxylic acids is 1. The molecule has 114 valence electrons. The van der Waals surface area contributed by atoms with E-state index in [1.807, 2.05) is 25.1 Å². The third-order valence-electron chi connectivity index (χ3n) is 3.30. The number of halogens is 1. The molecular formula is C14H17BrN2O4. The number of benzene rings is 1. The summed E-state index contributed by atoms with van der Waals surface area (Å²) in [5.41, 5.74) is 1.76. The van der Waals surface area contributed by atoms with Crippen LogP contribution in [0.5, 0.6) is 0 Å². The van der Waals surface area contributed by atoms with E-state index in [0.717, 1.165) is 10.0 Å². The molecule has 1 aromatic carbocycles. The highest BCUT2D eigenvalue weighted by Crippen LogP contribution is 2.21. The monoisotopic (exact) mass is 356 g/mol. The lowest BCUT2D eigenvalue weighted by Crippen LogP contribution is -2.35. The van der Waals surface area contributed by atoms with E-state index in [2.05, 4.69) is 26.6 Å². The van der Waals surface area contributed by atoms with E-state index in [1.54, 1.807) is 0 Å². The number of ether oxygens (including phenoxy) is 1. The summed E-state index contributed by atoms with van der Waals surface area (Å²) in [4.78, 5) is 22.5. The molecule has 2 unspecified atom stereocenters. The number of rotatable bonds is 4. The van der Waals surface area contributed by atoms with Crippen molar-refractivity contribution >= 4 is 33.6 Å². The second kappa shape index (κ2) is 6.91. The molecule has 0 spiro atoms. The van der Waals surface area contributed by atoms with Crippen LogP contribution < -0.4 is 10.6 Å². The number of amides is 2. The Morgan fingerprint density at radius 3 is 2.81 bits per heavy atom. The van der Waals surface area contributed by atoms with Gasteiger partial charge in [-0.3, -0.25) is 0 Å². The molecule has 1 fully saturated rings. The molecule has 21 heavy (non-hydrogen) atoms. The lowest BCUT2D eigenvalue weighted by atomic mass is 10.2. The van der Waals surface area contributed by atoms with Gasteiger partial charge >= 0.3 is 12.0 Å². The third kappa shape index (κ3) is 4.44. The Labute approximate surface area is 131 Å². The summed E-state index contributed by atoms with van der Waals surface area (Å²) < 4.78 is 6.23. The molecule has 7 heteroatoms. The van der Waals surface area contributed by atoms with Crippen LogP contribution in [0.2, 0.25) is 0 Å². The molecule has 0 aliphatic carbocycles. The molecule has 0 bridgehead atoms. The number of anilines is 1. The van der Waals surface area contributed by atoms with Crippen LogP contribution in [0.25, 0.3) is 0 Å². The van der Waals surface area contributed by atoms with Gasteiger partial charge in [0.15, 0.2) is 6.10 Å². The Kier molecular flexibility index (Phi) is 5.19. The van der Waals surface area contributed by atoms with Crippen LogP contribution in [-0.2, 0) is 9.53 Å². The molecular weight excluding hydrogens is 340 g/mol. The van der Waals surface area contributed by atoms with E-state index in [0.29, 0.717) is 25.1 Å². The number of nitrogens with one attached hydrogen (secondary N) is 2. The number of carbonyl (C=O) groups is 2. The van der Waals surface area contributed by atoms with Gasteiger partial charge in [-0.05, 0) is 37.5 Å². The van der Waals surface area contributed by atoms with Crippen LogP contribution in [0.15, 0.2) is 22.7 Å². The maximum absolute atomic E-state index is 11.8. The smallest absolute Gasteiger partial charge is 0.332 e. The van der Waals surface area contributed by atoms with E-state index in [9.17, 15) is 9.59 Å². The molecule has 2 atom stereocenters. The van der Waals surface area contributed by atoms with E-state index < -0.39 is 12.1 Å². The number of hydrogen-bond donors (Lipinski definition) is 3. The Morgan fingerprint density at radius 1 is 1.43 bits per heavy atom. The van der Waals surface area contributed by atoms with Crippen LogP contribution in [0, 0.1) is 6.92 Å². The number of carboxylic acids is 1. The molecule has 0 radical (unpaired) electrons. The number of aryl methyl sites for hydroxylation is 1. The molecule has 1 heterocycles. The topological polar surface area (TPSA) is 87.7 Å². The minimum atomic E-state index is -0.952. The van der Waals surface area contributed by atoms with Gasteiger partial charge in [-0.2, -0.15) is 0 Å². The molecule has 1 saturated heterocycles. The molecule has 6 nitrogen and oxygen atoms in total. The molecule has 0 saturated carbocycles. The van der Waals surface area contributed by atoms with Crippen LogP contribution >= 0.6 is 15.9 Å². The molecule has 0 aromatic heterocycles. The van der Waals surface area contributed by atoms with Crippen molar-refractivity contribution in [1.82, 2.24) is 5.32 Å². The van der Waals surface area contributed by atoms with Gasteiger partial charge in [0.05, 0.1) is 6.10 Å². The summed E-state index contributed by atoms with van der Waals surface area (Å²) in [6.45, 7) is 2.26. The third-order valence-corrected chi connectivity index (χ3v) is 4.16. The van der Waals surface area contributed by atoms with Gasteiger partial charge in [-0.15, -0.1) is 0 Å². The van der Waals surface area contributed by atoms with Crippen molar-refractivity contribution < 1.29 is 19.4 Å². The first-order valence-corrected chi connectivity index (χ1v) is 7.44. The van der Waals surface area contributed by atoms with Crippen LogP contribution in [0.3, 0.4) is 0 Å². The normalized spacial score (nSPS) is 21.0. The van der Waals surface area contributed by atoms with Gasteiger partial charge in [0, 0.05) is 16.7 Å². The molecule has 3 N–H and O–H groups in total. The van der Waals surface area contributed by atoms with Crippen molar-refractivity contribution in [3.8, 4) is 0 Å². The van der Waals surface area contributed by atoms with Gasteiger partial charge in [-0.25, -0.2) is 9.59 Å². The standard InChI is InChI=1S/C14H17BrN2O4/c1-8-2-3-9(6-11(8)15)17-14(20)16-7-10-4-5-12(21-10)13(18)19/h2-3,6,10,12H,4-5,7H2,1H3,(H,18,19)(H2,16,17,20). The van der Waals surface area contributed by atoms with Crippen molar-refractivity contribution in [1.29, 1.82) is 0 Å². The largest absolute Gasteiger partial charge is 0.479 e. The van der Waals surface area contributed by atoms with E-state index in [-0.39, 0.29) is 12.1 Å². The lowest BCUT2D eigenvalue weighted by Gasteiger charge is -2.13. The minimum absolute atomic E-state index is 0.249. The van der Waals surface area contributed by atoms with Crippen molar-refractivity contribution in [2.75, 3.05) is 11.9 Å². The quantitative estimate of drug-likeness (QED) is 0.773. The summed E-state index contributed by atoms with van der Waals surface area (Å²) >= 11 is 3.40. The summed E-state index contributed by atoms with van der Waals surface area (Å²) in [6, 6.07) is 5.19. The molecule has 2 rings (SSSR count). The maximum atomic E-state index is 11.8. The van der Waals surface area contributed by atoms with Crippen LogP contribution in [-0.4, -0.2) is 35.9 Å². The Hall–Kier alpha value is -1.60. The highest BCUT2D eigenvalue weighted by molar-refractivity contribution is 9.10. The number of urea groups is 1. The predicted molar refractivity (Wildman–Crippen MR) is 81.4 cm³/mol. The first-order chi connectivity index (χ1) is 9.95. The molecule has 1 aliphatic heterocycles. The summed E-state index contributed by atoms with van der Waals surface area (Å²) in [5.74, 6) is -0.952. The zero-order valence-electron chi connectivity index (χ0n) is 11.6. The van der Waals surface area contributed by atoms with Gasteiger partial charge < -0.3 is 20.5 Å². The van der Waals surface area contributed by atoms with E-state index in [1.165, 1.54) is 0 Å². The van der Waals surface area contributed by atoms with Gasteiger partial charge in [0.1, 0.15) is 0 Å². The van der Waals surface area contributed by atoms with Crippen LogP contribution in [0.4, 0.5) is 10.5 Å². The van der Waals surface area contributed by atoms with Crippen LogP contribution in [0.1, 0.15) is 18.4 Å². The second-order valence-electron chi connectivity index (χ2n) is 4.96.